The normalized spacial score (nSPS) is 11.3. The van der Waals surface area contributed by atoms with E-state index in [0.717, 1.165) is 0 Å². The van der Waals surface area contributed by atoms with E-state index in [1.807, 2.05) is 0 Å². The fourth-order valence-electron chi connectivity index (χ4n) is 3.52. The van der Waals surface area contributed by atoms with Gasteiger partial charge in [0.15, 0.2) is 15.7 Å². The van der Waals surface area contributed by atoms with Crippen LogP contribution in [-0.4, -0.2) is 45.0 Å². The van der Waals surface area contributed by atoms with Crippen molar-refractivity contribution in [3.05, 3.63) is 78.2 Å². The fraction of sp³-hybridized carbons (Fsp3) is 0.160. The van der Waals surface area contributed by atoms with E-state index < -0.39 is 21.4 Å². The summed E-state index contributed by atoms with van der Waals surface area (Å²) in [6.07, 6.45) is 0. The molecule has 1 aromatic heterocycles. The highest BCUT2D eigenvalue weighted by molar-refractivity contribution is 7.90. The van der Waals surface area contributed by atoms with Crippen LogP contribution < -0.4 is 20.7 Å². The number of hydrogen-bond donors (Lipinski definition) is 3. The second kappa shape index (κ2) is 10.7. The number of para-hydroxylation sites is 2. The third-order valence-electron chi connectivity index (χ3n) is 5.15. The highest BCUT2D eigenvalue weighted by Gasteiger charge is 2.21. The molecule has 0 aliphatic rings. The number of halogens is 1. The molecule has 1 heterocycles. The van der Waals surface area contributed by atoms with Crippen LogP contribution in [0.3, 0.4) is 0 Å². The quantitative estimate of drug-likeness (QED) is 0.313. The summed E-state index contributed by atoms with van der Waals surface area (Å²) in [7, 11) is -0.843. The molecule has 186 valence electrons. The van der Waals surface area contributed by atoms with Crippen LogP contribution in [0.2, 0.25) is 0 Å². The maximum atomic E-state index is 14.1. The molecule has 3 N–H and O–H groups in total. The molecule has 0 spiro atoms. The summed E-state index contributed by atoms with van der Waals surface area (Å²) in [5.74, 6) is -0.851. The van der Waals surface area contributed by atoms with E-state index in [1.54, 1.807) is 49.5 Å². The van der Waals surface area contributed by atoms with Crippen molar-refractivity contribution >= 4 is 44.0 Å². The number of nitrogens with one attached hydrogen (secondary N) is 3. The first kappa shape index (κ1) is 25.0. The summed E-state index contributed by atoms with van der Waals surface area (Å²) in [6.45, 7) is 0.0869. The number of sulfone groups is 1. The number of aromatic nitrogens is 2. The molecule has 11 heteroatoms. The second-order valence-corrected chi connectivity index (χ2v) is 9.87. The first-order valence-electron chi connectivity index (χ1n) is 10.9. The minimum atomic E-state index is -3.90. The lowest BCUT2D eigenvalue weighted by Gasteiger charge is -2.14. The maximum Gasteiger partial charge on any atom is 0.238 e. The molecular formula is C25H24FN5O4S. The summed E-state index contributed by atoms with van der Waals surface area (Å²) in [6, 6.07) is 17.1. The van der Waals surface area contributed by atoms with Gasteiger partial charge >= 0.3 is 0 Å². The van der Waals surface area contributed by atoms with Crippen LogP contribution in [0, 0.1) is 5.82 Å². The Labute approximate surface area is 207 Å². The number of anilines is 3. The topological polar surface area (TPSA) is 122 Å². The Kier molecular flexibility index (Phi) is 7.41. The van der Waals surface area contributed by atoms with Crippen molar-refractivity contribution in [3.63, 3.8) is 0 Å². The predicted octanol–water partition coefficient (Wildman–Crippen LogP) is 3.65. The molecule has 0 unspecified atom stereocenters. The molecule has 0 aliphatic carbocycles. The Bertz CT molecular complexity index is 1530. The Morgan fingerprint density at radius 1 is 0.972 bits per heavy atom. The molecule has 9 nitrogen and oxygen atoms in total. The summed E-state index contributed by atoms with van der Waals surface area (Å²) < 4.78 is 45.9. The van der Waals surface area contributed by atoms with E-state index in [9.17, 15) is 17.6 Å². The number of carbonyl (C=O) groups is 1. The molecule has 3 aromatic carbocycles. The second-order valence-electron chi connectivity index (χ2n) is 7.88. The zero-order valence-electron chi connectivity index (χ0n) is 19.6. The molecular weight excluding hydrogens is 485 g/mol. The maximum absolute atomic E-state index is 14.1. The van der Waals surface area contributed by atoms with Gasteiger partial charge in [0, 0.05) is 23.5 Å². The van der Waals surface area contributed by atoms with Gasteiger partial charge in [0.2, 0.25) is 5.91 Å². The number of likely N-dealkylation sites (N-methyl/N-ethyl adjacent to an activating group) is 1. The van der Waals surface area contributed by atoms with Crippen LogP contribution >= 0.6 is 0 Å². The number of rotatable bonds is 9. The summed E-state index contributed by atoms with van der Waals surface area (Å²) in [4.78, 5) is 21.0. The number of benzene rings is 3. The van der Waals surface area contributed by atoms with Crippen molar-refractivity contribution < 1.29 is 22.3 Å². The molecule has 0 radical (unpaired) electrons. The molecule has 1 amide bonds. The number of carbonyl (C=O) groups excluding carboxylic acids is 1. The SMILES string of the molecule is CNCC(=O)Nc1cccc(S(=O)(=O)Cc2nc3ccccc3nc2Nc2cc(F)cc(OC)c2)c1. The zero-order chi connectivity index (χ0) is 25.7. The molecule has 36 heavy (non-hydrogen) atoms. The van der Waals surface area contributed by atoms with Crippen molar-refractivity contribution in [1.82, 2.24) is 15.3 Å². The Morgan fingerprint density at radius 2 is 1.72 bits per heavy atom. The average molecular weight is 510 g/mol. The van der Waals surface area contributed by atoms with Gasteiger partial charge in [0.1, 0.15) is 17.3 Å². The van der Waals surface area contributed by atoms with E-state index in [4.69, 9.17) is 4.74 Å². The van der Waals surface area contributed by atoms with E-state index in [1.165, 1.54) is 31.4 Å². The first-order valence-corrected chi connectivity index (χ1v) is 12.6. The monoisotopic (exact) mass is 509 g/mol. The third kappa shape index (κ3) is 5.93. The molecule has 4 aromatic rings. The van der Waals surface area contributed by atoms with Crippen LogP contribution in [0.4, 0.5) is 21.6 Å². The van der Waals surface area contributed by atoms with Crippen LogP contribution in [0.25, 0.3) is 11.0 Å². The molecule has 0 atom stereocenters. The molecule has 0 fully saturated rings. The lowest BCUT2D eigenvalue weighted by atomic mass is 10.2. The van der Waals surface area contributed by atoms with E-state index >= 15 is 0 Å². The van der Waals surface area contributed by atoms with Gasteiger partial charge in [-0.3, -0.25) is 4.79 Å². The van der Waals surface area contributed by atoms with E-state index in [0.29, 0.717) is 22.4 Å². The largest absolute Gasteiger partial charge is 0.497 e. The van der Waals surface area contributed by atoms with Crippen molar-refractivity contribution in [2.24, 2.45) is 0 Å². The number of hydrogen-bond acceptors (Lipinski definition) is 8. The van der Waals surface area contributed by atoms with Crippen molar-refractivity contribution in [1.29, 1.82) is 0 Å². The van der Waals surface area contributed by atoms with Crippen molar-refractivity contribution in [2.45, 2.75) is 10.6 Å². The summed E-state index contributed by atoms with van der Waals surface area (Å²) in [5.41, 5.74) is 1.88. The molecule has 0 saturated carbocycles. The van der Waals surface area contributed by atoms with Gasteiger partial charge in [-0.25, -0.2) is 22.8 Å². The number of methoxy groups -OCH3 is 1. The van der Waals surface area contributed by atoms with E-state index in [2.05, 4.69) is 25.9 Å². The van der Waals surface area contributed by atoms with E-state index in [-0.39, 0.29) is 34.6 Å². The predicted molar refractivity (Wildman–Crippen MR) is 136 cm³/mol. The van der Waals surface area contributed by atoms with Crippen LogP contribution in [0.15, 0.2) is 71.6 Å². The van der Waals surface area contributed by atoms with Gasteiger partial charge in [0.05, 0.1) is 35.3 Å². The molecule has 0 aliphatic heterocycles. The number of amides is 1. The van der Waals surface area contributed by atoms with Gasteiger partial charge in [-0.05, 0) is 43.4 Å². The standard InChI is InChI=1S/C25H24FN5O4S/c1-27-14-24(32)28-17-6-5-7-20(13-17)36(33,34)15-23-25(31-22-9-4-3-8-21(22)30-23)29-18-10-16(26)11-19(12-18)35-2/h3-13,27H,14-15H2,1-2H3,(H,28,32)(H,29,31). The molecule has 4 rings (SSSR count). The average Bonchev–Trinajstić information content (AvgIpc) is 2.84. The highest BCUT2D eigenvalue weighted by atomic mass is 32.2. The Hall–Kier alpha value is -4.09. The van der Waals surface area contributed by atoms with Gasteiger partial charge < -0.3 is 20.7 Å². The minimum Gasteiger partial charge on any atom is -0.497 e. The zero-order valence-corrected chi connectivity index (χ0v) is 20.4. The van der Waals surface area contributed by atoms with Gasteiger partial charge in [-0.2, -0.15) is 0 Å². The van der Waals surface area contributed by atoms with Gasteiger partial charge in [-0.1, -0.05) is 18.2 Å². The van der Waals surface area contributed by atoms with Crippen LogP contribution in [0.5, 0.6) is 5.75 Å². The summed E-state index contributed by atoms with van der Waals surface area (Å²) in [5, 5.41) is 8.37. The Balaban J connectivity index is 1.71. The number of ether oxygens (including phenoxy) is 1. The minimum absolute atomic E-state index is 0.0121. The Morgan fingerprint density at radius 3 is 2.44 bits per heavy atom. The lowest BCUT2D eigenvalue weighted by Crippen LogP contribution is -2.25. The lowest BCUT2D eigenvalue weighted by molar-refractivity contribution is -0.115. The summed E-state index contributed by atoms with van der Waals surface area (Å²) >= 11 is 0. The number of fused-ring (bicyclic) bond motifs is 1. The molecule has 0 saturated heterocycles. The smallest absolute Gasteiger partial charge is 0.238 e. The van der Waals surface area contributed by atoms with Crippen LogP contribution in [0.1, 0.15) is 5.69 Å². The van der Waals surface area contributed by atoms with Gasteiger partial charge in [-0.15, -0.1) is 0 Å². The van der Waals surface area contributed by atoms with Crippen LogP contribution in [-0.2, 0) is 20.4 Å². The van der Waals surface area contributed by atoms with Crippen molar-refractivity contribution in [3.8, 4) is 5.75 Å². The van der Waals surface area contributed by atoms with Gasteiger partial charge in [0.25, 0.3) is 0 Å². The molecule has 0 bridgehead atoms. The fourth-order valence-corrected chi connectivity index (χ4v) is 4.84. The highest BCUT2D eigenvalue weighted by Crippen LogP contribution is 2.28. The number of nitrogens with zero attached hydrogens (tertiary/aromatic N) is 2. The first-order chi connectivity index (χ1) is 17.3. The van der Waals surface area contributed by atoms with Crippen molar-refractivity contribution in [2.75, 3.05) is 31.3 Å². The third-order valence-corrected chi connectivity index (χ3v) is 6.78.